The molecule has 4 rings (SSSR count). The third-order valence-corrected chi connectivity index (χ3v) is 8.99. The first kappa shape index (κ1) is 26.7. The summed E-state index contributed by atoms with van der Waals surface area (Å²) in [5, 5.41) is 51.0. The zero-order chi connectivity index (χ0) is 25.5. The average Bonchev–Trinajstić information content (AvgIpc) is 3.20. The number of aliphatic hydroxyl groups is 5. The molecule has 0 spiro atoms. The van der Waals surface area contributed by atoms with E-state index < -0.39 is 48.8 Å². The Kier molecular flexibility index (Phi) is 7.79. The molecule has 0 amide bonds. The summed E-state index contributed by atoms with van der Waals surface area (Å²) in [4.78, 5) is 11.9. The second-order valence-corrected chi connectivity index (χ2v) is 11.4. The summed E-state index contributed by atoms with van der Waals surface area (Å²) in [6, 6.07) is 0. The Labute approximate surface area is 206 Å². The summed E-state index contributed by atoms with van der Waals surface area (Å²) in [7, 11) is 0. The van der Waals surface area contributed by atoms with Crippen LogP contribution in [-0.4, -0.2) is 88.1 Å². The van der Waals surface area contributed by atoms with Crippen molar-refractivity contribution in [3.63, 3.8) is 0 Å². The van der Waals surface area contributed by atoms with Crippen LogP contribution in [-0.2, 0) is 19.0 Å². The summed E-state index contributed by atoms with van der Waals surface area (Å²) in [5.41, 5.74) is 1.13. The van der Waals surface area contributed by atoms with Gasteiger partial charge in [-0.3, -0.25) is 0 Å². The lowest BCUT2D eigenvalue weighted by Crippen LogP contribution is -2.60. The first-order valence-corrected chi connectivity index (χ1v) is 12.6. The lowest BCUT2D eigenvalue weighted by molar-refractivity contribution is -0.310. The molecule has 0 aromatic carbocycles. The molecule has 0 radical (unpaired) electrons. The topological polar surface area (TPSA) is 146 Å². The maximum absolute atomic E-state index is 11.9. The van der Waals surface area contributed by atoms with Crippen molar-refractivity contribution in [2.24, 2.45) is 22.7 Å². The van der Waals surface area contributed by atoms with E-state index in [1.807, 2.05) is 6.08 Å². The van der Waals surface area contributed by atoms with Crippen molar-refractivity contribution < 1.29 is 44.5 Å². The lowest BCUT2D eigenvalue weighted by Gasteiger charge is -2.60. The van der Waals surface area contributed by atoms with E-state index in [0.29, 0.717) is 31.4 Å². The predicted octanol–water partition coefficient (Wildman–Crippen LogP) is 0.816. The molecule has 10 atom stereocenters. The van der Waals surface area contributed by atoms with Crippen LogP contribution in [0.15, 0.2) is 23.8 Å². The minimum Gasteiger partial charge on any atom is -0.458 e. The van der Waals surface area contributed by atoms with Crippen molar-refractivity contribution in [1.82, 2.24) is 0 Å². The number of aliphatic hydroxyl groups excluding tert-OH is 5. The highest BCUT2D eigenvalue weighted by molar-refractivity contribution is 5.90. The largest absolute Gasteiger partial charge is 0.458 e. The highest BCUT2D eigenvalue weighted by Gasteiger charge is 2.57. The van der Waals surface area contributed by atoms with Gasteiger partial charge in [0.05, 0.1) is 19.3 Å². The van der Waals surface area contributed by atoms with Gasteiger partial charge in [-0.2, -0.15) is 0 Å². The zero-order valence-corrected chi connectivity index (χ0v) is 20.6. The molecule has 35 heavy (non-hydrogen) atoms. The van der Waals surface area contributed by atoms with Crippen LogP contribution in [0, 0.1) is 22.7 Å². The van der Waals surface area contributed by atoms with Crippen LogP contribution in [0.25, 0.3) is 0 Å². The number of carbonyl (C=O) groups is 1. The Bertz CT molecular complexity index is 841. The SMILES string of the molecule is C=C1CC[C@@H]2[C@](C)(CO[C@@H]3O[C@H](CO)[C@@H](O)[C@H](O)[C@H]3O)C[C@@H](O)C[C@@]2(C)[C@@H]1CCC1=CCOC1=O. The number of allylic oxidation sites excluding steroid dienone is 1. The lowest BCUT2D eigenvalue weighted by atomic mass is 9.46. The average molecular weight is 497 g/mol. The number of esters is 1. The van der Waals surface area contributed by atoms with Gasteiger partial charge in [-0.05, 0) is 67.3 Å². The molecule has 3 fully saturated rings. The molecule has 2 saturated carbocycles. The molecular weight excluding hydrogens is 456 g/mol. The fraction of sp³-hybridized carbons (Fsp3) is 0.808. The van der Waals surface area contributed by atoms with E-state index in [0.717, 1.165) is 24.8 Å². The van der Waals surface area contributed by atoms with Crippen molar-refractivity contribution in [2.45, 2.75) is 89.2 Å². The Morgan fingerprint density at radius 3 is 2.54 bits per heavy atom. The van der Waals surface area contributed by atoms with E-state index in [9.17, 15) is 30.3 Å². The number of fused-ring (bicyclic) bond motifs is 1. The van der Waals surface area contributed by atoms with Crippen molar-refractivity contribution >= 4 is 5.97 Å². The van der Waals surface area contributed by atoms with Crippen LogP contribution in [0.4, 0.5) is 0 Å². The van der Waals surface area contributed by atoms with E-state index in [-0.39, 0.29) is 29.8 Å². The molecular formula is C26H40O9. The van der Waals surface area contributed by atoms with Gasteiger partial charge in [0.15, 0.2) is 6.29 Å². The van der Waals surface area contributed by atoms with Crippen LogP contribution in [0.2, 0.25) is 0 Å². The first-order chi connectivity index (χ1) is 16.5. The summed E-state index contributed by atoms with van der Waals surface area (Å²) in [6.45, 7) is 8.60. The van der Waals surface area contributed by atoms with Gasteiger partial charge in [0.1, 0.15) is 31.0 Å². The second-order valence-electron chi connectivity index (χ2n) is 11.4. The van der Waals surface area contributed by atoms with Gasteiger partial charge in [0, 0.05) is 5.57 Å². The fourth-order valence-electron chi connectivity index (χ4n) is 7.30. The quantitative estimate of drug-likeness (QED) is 0.255. The number of cyclic esters (lactones) is 1. The Morgan fingerprint density at radius 1 is 1.14 bits per heavy atom. The van der Waals surface area contributed by atoms with E-state index in [4.69, 9.17) is 14.2 Å². The Balaban J connectivity index is 1.50. The van der Waals surface area contributed by atoms with Crippen LogP contribution in [0.1, 0.15) is 52.4 Å². The molecule has 2 aliphatic carbocycles. The minimum absolute atomic E-state index is 0.122. The van der Waals surface area contributed by atoms with Gasteiger partial charge >= 0.3 is 5.97 Å². The molecule has 0 aromatic heterocycles. The third-order valence-electron chi connectivity index (χ3n) is 8.99. The van der Waals surface area contributed by atoms with Crippen LogP contribution in [0.3, 0.4) is 0 Å². The molecule has 0 bridgehead atoms. The third kappa shape index (κ3) is 4.97. The van der Waals surface area contributed by atoms with E-state index >= 15 is 0 Å². The van der Waals surface area contributed by atoms with E-state index in [2.05, 4.69) is 20.4 Å². The molecule has 5 N–H and O–H groups in total. The maximum Gasteiger partial charge on any atom is 0.334 e. The molecule has 4 aliphatic rings. The van der Waals surface area contributed by atoms with Crippen molar-refractivity contribution in [3.8, 4) is 0 Å². The normalized spacial score (nSPS) is 46.2. The molecule has 0 aromatic rings. The molecule has 1 saturated heterocycles. The molecule has 2 aliphatic heterocycles. The standard InChI is InChI=1S/C26H40O9/c1-14-4-7-19-25(2,13-34-24-22(31)21(30)20(29)18(12-27)35-24)10-16(28)11-26(19,3)17(14)6-5-15-8-9-33-23(15)32/h8,16-22,24,27-31H,1,4-7,9-13H2,2-3H3/t16-,17-,18-,19-,20-,21+,22-,24-,25+,26+/m1/s1. The van der Waals surface area contributed by atoms with Gasteiger partial charge in [0.2, 0.25) is 0 Å². The molecule has 2 heterocycles. The number of carbonyl (C=O) groups excluding carboxylic acids is 1. The highest BCUT2D eigenvalue weighted by atomic mass is 16.7. The van der Waals surface area contributed by atoms with Gasteiger partial charge in [-0.25, -0.2) is 4.79 Å². The Morgan fingerprint density at radius 2 is 1.89 bits per heavy atom. The van der Waals surface area contributed by atoms with Crippen molar-refractivity contribution in [3.05, 3.63) is 23.8 Å². The molecule has 9 heteroatoms. The van der Waals surface area contributed by atoms with Crippen LogP contribution < -0.4 is 0 Å². The fourth-order valence-corrected chi connectivity index (χ4v) is 7.30. The summed E-state index contributed by atoms with van der Waals surface area (Å²) < 4.78 is 16.6. The molecule has 9 nitrogen and oxygen atoms in total. The number of ether oxygens (including phenoxy) is 3. The van der Waals surface area contributed by atoms with Gasteiger partial charge < -0.3 is 39.7 Å². The minimum atomic E-state index is -1.50. The Hall–Kier alpha value is -1.33. The molecule has 0 unspecified atom stereocenters. The second kappa shape index (κ2) is 10.2. The number of hydrogen-bond donors (Lipinski definition) is 5. The zero-order valence-electron chi connectivity index (χ0n) is 20.6. The van der Waals surface area contributed by atoms with Crippen LogP contribution >= 0.6 is 0 Å². The van der Waals surface area contributed by atoms with E-state index in [1.54, 1.807) is 0 Å². The number of hydrogen-bond acceptors (Lipinski definition) is 9. The highest BCUT2D eigenvalue weighted by Crippen LogP contribution is 2.62. The van der Waals surface area contributed by atoms with E-state index in [1.165, 1.54) is 0 Å². The van der Waals surface area contributed by atoms with Crippen molar-refractivity contribution in [2.75, 3.05) is 19.8 Å². The summed E-state index contributed by atoms with van der Waals surface area (Å²) in [6.07, 6.45) is -1.13. The van der Waals surface area contributed by atoms with Gasteiger partial charge in [0.25, 0.3) is 0 Å². The summed E-state index contributed by atoms with van der Waals surface area (Å²) >= 11 is 0. The predicted molar refractivity (Wildman–Crippen MR) is 125 cm³/mol. The van der Waals surface area contributed by atoms with Gasteiger partial charge in [-0.1, -0.05) is 26.0 Å². The van der Waals surface area contributed by atoms with Gasteiger partial charge in [-0.15, -0.1) is 0 Å². The first-order valence-electron chi connectivity index (χ1n) is 12.6. The smallest absolute Gasteiger partial charge is 0.334 e. The molecule has 198 valence electrons. The maximum atomic E-state index is 11.9. The number of rotatable bonds is 7. The monoisotopic (exact) mass is 496 g/mol. The van der Waals surface area contributed by atoms with Crippen molar-refractivity contribution in [1.29, 1.82) is 0 Å². The summed E-state index contributed by atoms with van der Waals surface area (Å²) in [5.74, 6) is 0.0509. The van der Waals surface area contributed by atoms with Crippen LogP contribution in [0.5, 0.6) is 0 Å².